The summed E-state index contributed by atoms with van der Waals surface area (Å²) in [5.74, 6) is 0. The maximum Gasteiger partial charge on any atom is 0.431 e. The summed E-state index contributed by atoms with van der Waals surface area (Å²) in [4.78, 5) is 13.8. The highest BCUT2D eigenvalue weighted by Crippen LogP contribution is 2.11. The number of H-pyrrole nitrogens is 1. The Balaban J connectivity index is 1.83. The van der Waals surface area contributed by atoms with Gasteiger partial charge in [0.05, 0.1) is 0 Å². The van der Waals surface area contributed by atoms with E-state index in [0.29, 0.717) is 23.9 Å². The summed E-state index contributed by atoms with van der Waals surface area (Å²) < 4.78 is 6.40. The Hall–Kier alpha value is -2.93. The van der Waals surface area contributed by atoms with Gasteiger partial charge in [-0.05, 0) is 35.2 Å². The van der Waals surface area contributed by atoms with Crippen molar-refractivity contribution < 1.29 is 9.20 Å². The standard InChI is InChI=1S/C18H18N4O2S/c1-21-16(17(23)24-20-21)13-22(12-14-8-4-2-5-9-14)18(25)19-15-10-6-3-7-11-15/h2-11H,12-13H2,1H3,(H-,19,20,23,25)/p+1. The summed E-state index contributed by atoms with van der Waals surface area (Å²) in [6.07, 6.45) is 0. The van der Waals surface area contributed by atoms with Crippen LogP contribution in [-0.4, -0.2) is 15.3 Å². The van der Waals surface area contributed by atoms with E-state index in [2.05, 4.69) is 10.6 Å². The van der Waals surface area contributed by atoms with Crippen molar-refractivity contribution in [3.63, 3.8) is 0 Å². The molecule has 2 aromatic carbocycles. The molecule has 0 bridgehead atoms. The van der Waals surface area contributed by atoms with Crippen molar-refractivity contribution in [3.05, 3.63) is 82.3 Å². The van der Waals surface area contributed by atoms with E-state index in [1.807, 2.05) is 65.6 Å². The molecule has 0 fully saturated rings. The molecule has 7 heteroatoms. The minimum Gasteiger partial charge on any atom is -0.334 e. The Morgan fingerprint density at radius 3 is 2.36 bits per heavy atom. The van der Waals surface area contributed by atoms with Crippen molar-refractivity contribution in [1.82, 2.24) is 10.2 Å². The molecule has 0 saturated heterocycles. The largest absolute Gasteiger partial charge is 0.431 e. The molecule has 3 aromatic rings. The van der Waals surface area contributed by atoms with Crippen LogP contribution < -0.4 is 15.6 Å². The monoisotopic (exact) mass is 355 g/mol. The van der Waals surface area contributed by atoms with Crippen molar-refractivity contribution in [3.8, 4) is 0 Å². The molecule has 0 spiro atoms. The summed E-state index contributed by atoms with van der Waals surface area (Å²) in [7, 11) is 1.73. The highest BCUT2D eigenvalue weighted by atomic mass is 32.1. The fourth-order valence-electron chi connectivity index (χ4n) is 2.44. The van der Waals surface area contributed by atoms with Gasteiger partial charge in [0.25, 0.3) is 0 Å². The number of hydrogen-bond acceptors (Lipinski definition) is 3. The van der Waals surface area contributed by atoms with Gasteiger partial charge in [-0.25, -0.2) is 4.79 Å². The maximum atomic E-state index is 11.9. The molecule has 0 aliphatic rings. The van der Waals surface area contributed by atoms with E-state index >= 15 is 0 Å². The van der Waals surface area contributed by atoms with Crippen LogP contribution in [0.1, 0.15) is 11.3 Å². The van der Waals surface area contributed by atoms with Crippen LogP contribution in [0, 0.1) is 0 Å². The Morgan fingerprint density at radius 2 is 1.76 bits per heavy atom. The van der Waals surface area contributed by atoms with Crippen molar-refractivity contribution >= 4 is 23.0 Å². The van der Waals surface area contributed by atoms with E-state index < -0.39 is 5.63 Å². The SMILES string of the molecule is C[n+]1[nH]oc(=O)c1CN(Cc1ccccc1)C(=S)Nc1ccccc1. The molecule has 0 aliphatic carbocycles. The third-order valence-corrected chi connectivity index (χ3v) is 4.15. The van der Waals surface area contributed by atoms with E-state index in [-0.39, 0.29) is 0 Å². The zero-order valence-electron chi connectivity index (χ0n) is 13.8. The molecule has 0 atom stereocenters. The van der Waals surface area contributed by atoms with Gasteiger partial charge in [-0.1, -0.05) is 53.2 Å². The van der Waals surface area contributed by atoms with E-state index in [0.717, 1.165) is 11.3 Å². The molecule has 0 radical (unpaired) electrons. The van der Waals surface area contributed by atoms with Gasteiger partial charge in [-0.3, -0.25) is 4.52 Å². The predicted octanol–water partition coefficient (Wildman–Crippen LogP) is 2.19. The molecule has 0 saturated carbocycles. The van der Waals surface area contributed by atoms with Crippen LogP contribution >= 0.6 is 12.2 Å². The zero-order chi connectivity index (χ0) is 17.6. The van der Waals surface area contributed by atoms with Crippen LogP contribution in [0.4, 0.5) is 5.69 Å². The fraction of sp³-hybridized carbons (Fsp3) is 0.167. The first-order valence-corrected chi connectivity index (χ1v) is 8.25. The van der Waals surface area contributed by atoms with Gasteiger partial charge in [-0.2, -0.15) is 0 Å². The lowest BCUT2D eigenvalue weighted by atomic mass is 10.2. The smallest absolute Gasteiger partial charge is 0.334 e. The van der Waals surface area contributed by atoms with Crippen LogP contribution in [0.5, 0.6) is 0 Å². The van der Waals surface area contributed by atoms with Gasteiger partial charge in [0.15, 0.2) is 12.2 Å². The molecule has 0 aliphatic heterocycles. The Kier molecular flexibility index (Phi) is 5.25. The Morgan fingerprint density at radius 1 is 1.12 bits per heavy atom. The number of anilines is 1. The number of para-hydroxylation sites is 1. The lowest BCUT2D eigenvalue weighted by Crippen LogP contribution is -2.42. The average molecular weight is 355 g/mol. The van der Waals surface area contributed by atoms with Gasteiger partial charge < -0.3 is 10.2 Å². The molecule has 1 aromatic heterocycles. The molecule has 0 amide bonds. The van der Waals surface area contributed by atoms with Crippen molar-refractivity contribution in [1.29, 1.82) is 0 Å². The summed E-state index contributed by atoms with van der Waals surface area (Å²) in [6, 6.07) is 19.7. The molecule has 1 heterocycles. The Labute approximate surface area is 150 Å². The number of hydrogen-bond donors (Lipinski definition) is 2. The van der Waals surface area contributed by atoms with Crippen LogP contribution in [-0.2, 0) is 20.1 Å². The highest BCUT2D eigenvalue weighted by molar-refractivity contribution is 7.80. The second-order valence-electron chi connectivity index (χ2n) is 5.62. The number of rotatable bonds is 5. The summed E-state index contributed by atoms with van der Waals surface area (Å²) in [5, 5.41) is 6.29. The second kappa shape index (κ2) is 7.76. The van der Waals surface area contributed by atoms with Crippen molar-refractivity contribution in [2.24, 2.45) is 7.05 Å². The van der Waals surface area contributed by atoms with Gasteiger partial charge in [0.1, 0.15) is 6.54 Å². The minimum atomic E-state index is -0.400. The Bertz CT molecular complexity index is 890. The molecule has 128 valence electrons. The van der Waals surface area contributed by atoms with Crippen LogP contribution in [0.15, 0.2) is 70.0 Å². The van der Waals surface area contributed by atoms with E-state index in [1.54, 1.807) is 11.7 Å². The molecule has 2 N–H and O–H groups in total. The van der Waals surface area contributed by atoms with Crippen molar-refractivity contribution in [2.45, 2.75) is 13.1 Å². The van der Waals surface area contributed by atoms with E-state index in [1.165, 1.54) is 0 Å². The summed E-state index contributed by atoms with van der Waals surface area (Å²) in [6.45, 7) is 0.903. The van der Waals surface area contributed by atoms with Crippen LogP contribution in [0.3, 0.4) is 0 Å². The van der Waals surface area contributed by atoms with E-state index in [4.69, 9.17) is 16.7 Å². The molecule has 25 heavy (non-hydrogen) atoms. The molecular formula is C18H19N4O2S+. The maximum absolute atomic E-state index is 11.9. The molecule has 6 nitrogen and oxygen atoms in total. The number of nitrogens with zero attached hydrogens (tertiary/aromatic N) is 2. The lowest BCUT2D eigenvalue weighted by Gasteiger charge is -2.24. The average Bonchev–Trinajstić information content (AvgIpc) is 2.95. The molecule has 3 rings (SSSR count). The number of aromatic nitrogens is 2. The normalized spacial score (nSPS) is 10.4. The summed E-state index contributed by atoms with van der Waals surface area (Å²) >= 11 is 5.58. The fourth-order valence-corrected chi connectivity index (χ4v) is 2.69. The topological polar surface area (TPSA) is 65.2 Å². The quantitative estimate of drug-likeness (QED) is 0.543. The van der Waals surface area contributed by atoms with E-state index in [9.17, 15) is 4.79 Å². The third kappa shape index (κ3) is 4.33. The molecular weight excluding hydrogens is 336 g/mol. The van der Waals surface area contributed by atoms with Crippen molar-refractivity contribution in [2.75, 3.05) is 5.32 Å². The van der Waals surface area contributed by atoms with Gasteiger partial charge in [-0.15, -0.1) is 0 Å². The first kappa shape index (κ1) is 16.9. The van der Waals surface area contributed by atoms with Crippen LogP contribution in [0.2, 0.25) is 0 Å². The number of benzene rings is 2. The zero-order valence-corrected chi connectivity index (χ0v) is 14.6. The lowest BCUT2D eigenvalue weighted by molar-refractivity contribution is -0.746. The highest BCUT2D eigenvalue weighted by Gasteiger charge is 2.23. The number of nitrogens with one attached hydrogen (secondary N) is 2. The first-order chi connectivity index (χ1) is 12.1. The predicted molar refractivity (Wildman–Crippen MR) is 98.9 cm³/mol. The number of aromatic amines is 1. The minimum absolute atomic E-state index is 0.329. The number of thiocarbonyl (C=S) groups is 1. The van der Waals surface area contributed by atoms with Crippen LogP contribution in [0.25, 0.3) is 0 Å². The van der Waals surface area contributed by atoms with Gasteiger partial charge >= 0.3 is 11.3 Å². The third-order valence-electron chi connectivity index (χ3n) is 3.78. The van der Waals surface area contributed by atoms with Gasteiger partial charge in [0.2, 0.25) is 0 Å². The first-order valence-electron chi connectivity index (χ1n) is 7.85. The summed E-state index contributed by atoms with van der Waals surface area (Å²) in [5.41, 5.74) is 2.09. The number of aryl methyl sites for hydroxylation is 1. The van der Waals surface area contributed by atoms with Gasteiger partial charge in [0, 0.05) is 12.2 Å². The molecule has 0 unspecified atom stereocenters. The second-order valence-corrected chi connectivity index (χ2v) is 6.01.